The summed E-state index contributed by atoms with van der Waals surface area (Å²) in [5.41, 5.74) is 2.39. The third-order valence-electron chi connectivity index (χ3n) is 2.65. The van der Waals surface area contributed by atoms with Crippen LogP contribution in [0, 0.1) is 0 Å². The fraction of sp³-hybridized carbons (Fsp3) is 0.727. The average molecular weight is 269 g/mol. The lowest BCUT2D eigenvalue weighted by atomic mass is 10.3. The number of ether oxygens (including phenoxy) is 1. The average Bonchev–Trinajstić information content (AvgIpc) is 2.38. The summed E-state index contributed by atoms with van der Waals surface area (Å²) in [6.45, 7) is 8.26. The van der Waals surface area contributed by atoms with Crippen molar-refractivity contribution in [2.45, 2.75) is 26.8 Å². The number of hydrazine groups is 1. The summed E-state index contributed by atoms with van der Waals surface area (Å²) < 4.78 is 5.25. The van der Waals surface area contributed by atoms with Crippen LogP contribution < -0.4 is 21.3 Å². The molecule has 0 atom stereocenters. The molecule has 0 aliphatic rings. The lowest BCUT2D eigenvalue weighted by molar-refractivity contribution is 0.284. The second-order valence-corrected chi connectivity index (χ2v) is 4.34. The zero-order chi connectivity index (χ0) is 14.3. The fourth-order valence-corrected chi connectivity index (χ4v) is 1.30. The van der Waals surface area contributed by atoms with Crippen molar-refractivity contribution < 1.29 is 4.74 Å². The van der Waals surface area contributed by atoms with Crippen LogP contribution in [-0.2, 0) is 0 Å². The minimum atomic E-state index is 0.255. The highest BCUT2D eigenvalue weighted by Crippen LogP contribution is 2.10. The highest BCUT2D eigenvalue weighted by Gasteiger charge is 2.07. The Kier molecular flexibility index (Phi) is 6.23. The second kappa shape index (κ2) is 7.70. The molecule has 19 heavy (non-hydrogen) atoms. The van der Waals surface area contributed by atoms with E-state index in [0.717, 1.165) is 13.1 Å². The number of hydrogen-bond donors (Lipinski definition) is 3. The van der Waals surface area contributed by atoms with Gasteiger partial charge in [0.1, 0.15) is 0 Å². The Morgan fingerprint density at radius 3 is 2.53 bits per heavy atom. The van der Waals surface area contributed by atoms with Gasteiger partial charge >= 0.3 is 6.01 Å². The largest absolute Gasteiger partial charge is 0.464 e. The van der Waals surface area contributed by atoms with Gasteiger partial charge in [-0.2, -0.15) is 15.0 Å². The molecule has 0 saturated heterocycles. The van der Waals surface area contributed by atoms with Crippen LogP contribution in [0.25, 0.3) is 0 Å². The van der Waals surface area contributed by atoms with Gasteiger partial charge in [-0.25, -0.2) is 5.84 Å². The Bertz CT molecular complexity index is 385. The number of likely N-dealkylation sites (N-methyl/N-ethyl adjacent to an activating group) is 1. The lowest BCUT2D eigenvalue weighted by Gasteiger charge is -2.20. The van der Waals surface area contributed by atoms with Gasteiger partial charge in [0.15, 0.2) is 0 Å². The molecule has 4 N–H and O–H groups in total. The van der Waals surface area contributed by atoms with Crippen LogP contribution in [0.4, 0.5) is 11.9 Å². The van der Waals surface area contributed by atoms with Gasteiger partial charge in [-0.3, -0.25) is 5.43 Å². The quantitative estimate of drug-likeness (QED) is 0.458. The van der Waals surface area contributed by atoms with Gasteiger partial charge < -0.3 is 15.0 Å². The molecule has 1 rings (SSSR count). The van der Waals surface area contributed by atoms with Crippen LogP contribution in [0.15, 0.2) is 0 Å². The molecule has 0 aliphatic carbocycles. The Balaban J connectivity index is 2.59. The van der Waals surface area contributed by atoms with Crippen molar-refractivity contribution in [3.63, 3.8) is 0 Å². The number of rotatable bonds is 8. The van der Waals surface area contributed by atoms with Gasteiger partial charge in [0.05, 0.1) is 6.61 Å². The van der Waals surface area contributed by atoms with E-state index in [4.69, 9.17) is 10.6 Å². The molecule has 0 spiro atoms. The van der Waals surface area contributed by atoms with Gasteiger partial charge in [-0.1, -0.05) is 0 Å². The number of hydrogen-bond acceptors (Lipinski definition) is 8. The number of anilines is 2. The molecule has 1 aromatic rings. The summed E-state index contributed by atoms with van der Waals surface area (Å²) >= 11 is 0. The van der Waals surface area contributed by atoms with E-state index in [1.54, 1.807) is 0 Å². The van der Waals surface area contributed by atoms with E-state index in [1.165, 1.54) is 0 Å². The SMILES string of the molecule is CCOc1nc(NN)nc(NCCN(C)C(C)C)n1. The van der Waals surface area contributed by atoms with E-state index < -0.39 is 0 Å². The molecule has 1 aromatic heterocycles. The monoisotopic (exact) mass is 269 g/mol. The summed E-state index contributed by atoms with van der Waals surface area (Å²) in [7, 11) is 2.07. The van der Waals surface area contributed by atoms with Crippen LogP contribution >= 0.6 is 0 Å². The van der Waals surface area contributed by atoms with Crippen LogP contribution in [0.3, 0.4) is 0 Å². The van der Waals surface area contributed by atoms with Gasteiger partial charge in [0.2, 0.25) is 11.9 Å². The first-order chi connectivity index (χ1) is 9.06. The van der Waals surface area contributed by atoms with Gasteiger partial charge in [-0.15, -0.1) is 0 Å². The minimum Gasteiger partial charge on any atom is -0.464 e. The van der Waals surface area contributed by atoms with E-state index in [-0.39, 0.29) is 12.0 Å². The predicted molar refractivity (Wildman–Crippen MR) is 75.1 cm³/mol. The molecule has 0 aliphatic heterocycles. The number of aromatic nitrogens is 3. The molecule has 0 saturated carbocycles. The molecule has 108 valence electrons. The highest BCUT2D eigenvalue weighted by molar-refractivity contribution is 5.34. The van der Waals surface area contributed by atoms with E-state index in [2.05, 4.69) is 51.5 Å². The molecule has 0 amide bonds. The van der Waals surface area contributed by atoms with Crippen molar-refractivity contribution in [1.82, 2.24) is 19.9 Å². The first-order valence-corrected chi connectivity index (χ1v) is 6.36. The Hall–Kier alpha value is -1.67. The molecule has 8 nitrogen and oxygen atoms in total. The lowest BCUT2D eigenvalue weighted by Crippen LogP contribution is -2.31. The van der Waals surface area contributed by atoms with Crippen LogP contribution in [0.5, 0.6) is 6.01 Å². The van der Waals surface area contributed by atoms with Crippen LogP contribution in [0.2, 0.25) is 0 Å². The van der Waals surface area contributed by atoms with E-state index in [9.17, 15) is 0 Å². The smallest absolute Gasteiger partial charge is 0.323 e. The fourth-order valence-electron chi connectivity index (χ4n) is 1.30. The summed E-state index contributed by atoms with van der Waals surface area (Å²) in [5, 5.41) is 3.12. The molecule has 8 heteroatoms. The third kappa shape index (κ3) is 5.23. The third-order valence-corrected chi connectivity index (χ3v) is 2.65. The zero-order valence-corrected chi connectivity index (χ0v) is 12.0. The van der Waals surface area contributed by atoms with Crippen molar-refractivity contribution in [2.75, 3.05) is 37.5 Å². The highest BCUT2D eigenvalue weighted by atomic mass is 16.5. The second-order valence-electron chi connectivity index (χ2n) is 4.34. The van der Waals surface area contributed by atoms with Crippen molar-refractivity contribution >= 4 is 11.9 Å². The van der Waals surface area contributed by atoms with Crippen molar-refractivity contribution in [1.29, 1.82) is 0 Å². The first kappa shape index (κ1) is 15.4. The predicted octanol–water partition coefficient (Wildman–Crippen LogP) is 0.308. The maximum absolute atomic E-state index is 5.31. The van der Waals surface area contributed by atoms with Crippen molar-refractivity contribution in [2.24, 2.45) is 5.84 Å². The molecule has 0 bridgehead atoms. The topological polar surface area (TPSA) is 101 Å². The zero-order valence-electron chi connectivity index (χ0n) is 12.0. The maximum atomic E-state index is 5.31. The summed E-state index contributed by atoms with van der Waals surface area (Å²) in [4.78, 5) is 14.5. The molecule has 0 radical (unpaired) electrons. The Morgan fingerprint density at radius 1 is 1.26 bits per heavy atom. The van der Waals surface area contributed by atoms with Crippen LogP contribution in [0.1, 0.15) is 20.8 Å². The van der Waals surface area contributed by atoms with E-state index in [0.29, 0.717) is 18.6 Å². The normalized spacial score (nSPS) is 10.9. The molecule has 0 unspecified atom stereocenters. The van der Waals surface area contributed by atoms with Crippen molar-refractivity contribution in [3.8, 4) is 6.01 Å². The number of nitrogen functional groups attached to an aromatic ring is 1. The standard InChI is InChI=1S/C11H23N7O/c1-5-19-11-15-9(14-10(16-11)17-12)13-6-7-18(4)8(2)3/h8H,5-7,12H2,1-4H3,(H2,13,14,15,16,17). The van der Waals surface area contributed by atoms with Crippen LogP contribution in [-0.4, -0.2) is 52.6 Å². The number of nitrogens with zero attached hydrogens (tertiary/aromatic N) is 4. The Labute approximate surface area is 113 Å². The molecular weight excluding hydrogens is 246 g/mol. The molecular formula is C11H23N7O. The van der Waals surface area contributed by atoms with Crippen molar-refractivity contribution in [3.05, 3.63) is 0 Å². The summed E-state index contributed by atoms with van der Waals surface area (Å²) in [6, 6.07) is 0.755. The minimum absolute atomic E-state index is 0.255. The molecule has 0 fully saturated rings. The summed E-state index contributed by atoms with van der Waals surface area (Å²) in [6.07, 6.45) is 0. The van der Waals surface area contributed by atoms with Gasteiger partial charge in [-0.05, 0) is 27.8 Å². The van der Waals surface area contributed by atoms with E-state index >= 15 is 0 Å². The molecule has 0 aromatic carbocycles. The maximum Gasteiger partial charge on any atom is 0.323 e. The summed E-state index contributed by atoms with van der Waals surface area (Å²) in [5.74, 6) is 6.03. The van der Waals surface area contributed by atoms with Gasteiger partial charge in [0, 0.05) is 19.1 Å². The van der Waals surface area contributed by atoms with Gasteiger partial charge in [0.25, 0.3) is 0 Å². The first-order valence-electron chi connectivity index (χ1n) is 6.36. The number of nitrogens with one attached hydrogen (secondary N) is 2. The number of nitrogens with two attached hydrogens (primary N) is 1. The molecule has 1 heterocycles. The Morgan fingerprint density at radius 2 is 1.95 bits per heavy atom. The van der Waals surface area contributed by atoms with E-state index in [1.807, 2.05) is 6.92 Å².